The summed E-state index contributed by atoms with van der Waals surface area (Å²) in [5.74, 6) is 0.894. The Bertz CT molecular complexity index is 417. The van der Waals surface area contributed by atoms with Gasteiger partial charge < -0.3 is 5.73 Å². The molecular weight excluding hydrogens is 206 g/mol. The van der Waals surface area contributed by atoms with Crippen molar-refractivity contribution in [1.29, 1.82) is 0 Å². The molecule has 1 atom stereocenters. The van der Waals surface area contributed by atoms with Crippen molar-refractivity contribution in [2.45, 2.75) is 19.8 Å². The second-order valence-corrected chi connectivity index (χ2v) is 5.04. The minimum absolute atomic E-state index is 0.363. The maximum Gasteiger partial charge on any atom is 0.0998 e. The van der Waals surface area contributed by atoms with Crippen molar-refractivity contribution in [3.8, 4) is 0 Å². The molecule has 0 bridgehead atoms. The second kappa shape index (κ2) is 4.24. The SMILES string of the molecule is CC(C)C(CN)c1nc2cnccc2s1. The highest BCUT2D eigenvalue weighted by Crippen LogP contribution is 2.30. The highest BCUT2D eigenvalue weighted by Gasteiger charge is 2.18. The monoisotopic (exact) mass is 221 g/mol. The summed E-state index contributed by atoms with van der Waals surface area (Å²) in [6.45, 7) is 5.02. The lowest BCUT2D eigenvalue weighted by Gasteiger charge is -2.15. The number of rotatable bonds is 3. The van der Waals surface area contributed by atoms with Gasteiger partial charge in [0.25, 0.3) is 0 Å². The molecule has 0 spiro atoms. The van der Waals surface area contributed by atoms with Crippen molar-refractivity contribution in [1.82, 2.24) is 9.97 Å². The van der Waals surface area contributed by atoms with Crippen LogP contribution in [-0.2, 0) is 0 Å². The van der Waals surface area contributed by atoms with E-state index in [1.807, 2.05) is 12.3 Å². The third-order valence-corrected chi connectivity index (χ3v) is 3.75. The Morgan fingerprint density at radius 3 is 2.87 bits per heavy atom. The number of hydrogen-bond donors (Lipinski definition) is 1. The molecular formula is C11H15N3S. The molecule has 2 heterocycles. The van der Waals surface area contributed by atoms with E-state index in [4.69, 9.17) is 5.73 Å². The number of nitrogens with two attached hydrogens (primary N) is 1. The number of nitrogens with zero attached hydrogens (tertiary/aromatic N) is 2. The summed E-state index contributed by atoms with van der Waals surface area (Å²) in [6.07, 6.45) is 3.61. The molecule has 0 amide bonds. The first-order valence-corrected chi connectivity index (χ1v) is 5.94. The number of pyridine rings is 1. The summed E-state index contributed by atoms with van der Waals surface area (Å²) >= 11 is 1.73. The first kappa shape index (κ1) is 10.5. The highest BCUT2D eigenvalue weighted by molar-refractivity contribution is 7.18. The number of hydrogen-bond acceptors (Lipinski definition) is 4. The predicted octanol–water partition coefficient (Wildman–Crippen LogP) is 2.39. The molecule has 0 aliphatic carbocycles. The van der Waals surface area contributed by atoms with Gasteiger partial charge in [-0.15, -0.1) is 11.3 Å². The van der Waals surface area contributed by atoms with Gasteiger partial charge in [-0.1, -0.05) is 13.8 Å². The molecule has 4 heteroatoms. The van der Waals surface area contributed by atoms with E-state index in [0.717, 1.165) is 10.5 Å². The average molecular weight is 221 g/mol. The van der Waals surface area contributed by atoms with E-state index in [9.17, 15) is 0 Å². The second-order valence-electron chi connectivity index (χ2n) is 3.98. The van der Waals surface area contributed by atoms with E-state index < -0.39 is 0 Å². The van der Waals surface area contributed by atoms with E-state index >= 15 is 0 Å². The topological polar surface area (TPSA) is 51.8 Å². The lowest BCUT2D eigenvalue weighted by molar-refractivity contribution is 0.505. The van der Waals surface area contributed by atoms with Gasteiger partial charge in [-0.05, 0) is 12.0 Å². The van der Waals surface area contributed by atoms with Crippen molar-refractivity contribution < 1.29 is 0 Å². The van der Waals surface area contributed by atoms with Gasteiger partial charge in [-0.3, -0.25) is 4.98 Å². The lowest BCUT2D eigenvalue weighted by atomic mass is 9.97. The average Bonchev–Trinajstić information content (AvgIpc) is 2.61. The maximum absolute atomic E-state index is 5.78. The third kappa shape index (κ3) is 2.01. The van der Waals surface area contributed by atoms with Gasteiger partial charge in [-0.2, -0.15) is 0 Å². The van der Waals surface area contributed by atoms with Crippen molar-refractivity contribution in [3.05, 3.63) is 23.5 Å². The van der Waals surface area contributed by atoms with Gasteiger partial charge in [0.05, 0.1) is 21.4 Å². The first-order chi connectivity index (χ1) is 7.22. The molecule has 0 aliphatic rings. The minimum atomic E-state index is 0.363. The standard InChI is InChI=1S/C11H15N3S/c1-7(2)8(5-12)11-14-9-6-13-4-3-10(9)15-11/h3-4,6-8H,5,12H2,1-2H3. The van der Waals surface area contributed by atoms with Gasteiger partial charge in [0.2, 0.25) is 0 Å². The zero-order valence-electron chi connectivity index (χ0n) is 8.97. The fraction of sp³-hybridized carbons (Fsp3) is 0.455. The zero-order chi connectivity index (χ0) is 10.8. The van der Waals surface area contributed by atoms with Gasteiger partial charge in [0, 0.05) is 18.7 Å². The van der Waals surface area contributed by atoms with Gasteiger partial charge >= 0.3 is 0 Å². The van der Waals surface area contributed by atoms with E-state index in [1.54, 1.807) is 17.5 Å². The Labute approximate surface area is 93.4 Å². The summed E-state index contributed by atoms with van der Waals surface area (Å²) in [4.78, 5) is 8.65. The molecule has 2 N–H and O–H groups in total. The number of thiazole rings is 1. The van der Waals surface area contributed by atoms with Crippen LogP contribution in [-0.4, -0.2) is 16.5 Å². The molecule has 2 aromatic rings. The Morgan fingerprint density at radius 2 is 2.27 bits per heavy atom. The van der Waals surface area contributed by atoms with Crippen LogP contribution in [0.2, 0.25) is 0 Å². The van der Waals surface area contributed by atoms with E-state index in [2.05, 4.69) is 23.8 Å². The molecule has 80 valence electrons. The van der Waals surface area contributed by atoms with Crippen LogP contribution in [0.5, 0.6) is 0 Å². The molecule has 15 heavy (non-hydrogen) atoms. The highest BCUT2D eigenvalue weighted by atomic mass is 32.1. The summed E-state index contributed by atoms with van der Waals surface area (Å²) in [6, 6.07) is 2.00. The van der Waals surface area contributed by atoms with E-state index in [1.165, 1.54) is 4.70 Å². The first-order valence-electron chi connectivity index (χ1n) is 5.13. The largest absolute Gasteiger partial charge is 0.330 e. The molecule has 0 saturated carbocycles. The Morgan fingerprint density at radius 1 is 1.47 bits per heavy atom. The van der Waals surface area contributed by atoms with Crippen LogP contribution in [0.4, 0.5) is 0 Å². The van der Waals surface area contributed by atoms with Crippen LogP contribution in [0.1, 0.15) is 24.8 Å². The van der Waals surface area contributed by atoms with Crippen molar-refractivity contribution in [3.63, 3.8) is 0 Å². The molecule has 0 aliphatic heterocycles. The molecule has 0 aromatic carbocycles. The smallest absolute Gasteiger partial charge is 0.0998 e. The van der Waals surface area contributed by atoms with Crippen LogP contribution in [0.25, 0.3) is 10.2 Å². The number of fused-ring (bicyclic) bond motifs is 1. The lowest BCUT2D eigenvalue weighted by Crippen LogP contribution is -2.17. The predicted molar refractivity (Wildman–Crippen MR) is 64.0 cm³/mol. The Kier molecular flexibility index (Phi) is 2.98. The molecule has 0 radical (unpaired) electrons. The molecule has 3 nitrogen and oxygen atoms in total. The molecule has 0 saturated heterocycles. The zero-order valence-corrected chi connectivity index (χ0v) is 9.79. The van der Waals surface area contributed by atoms with Crippen molar-refractivity contribution >= 4 is 21.6 Å². The quantitative estimate of drug-likeness (QED) is 0.865. The summed E-state index contributed by atoms with van der Waals surface area (Å²) in [7, 11) is 0. The Hall–Kier alpha value is -1.00. The van der Waals surface area contributed by atoms with Crippen LogP contribution in [0, 0.1) is 5.92 Å². The fourth-order valence-corrected chi connectivity index (χ4v) is 2.84. The summed E-state index contributed by atoms with van der Waals surface area (Å²) < 4.78 is 1.19. The fourth-order valence-electron chi connectivity index (χ4n) is 1.61. The van der Waals surface area contributed by atoms with Gasteiger partial charge in [-0.25, -0.2) is 4.98 Å². The molecule has 2 rings (SSSR count). The van der Waals surface area contributed by atoms with Gasteiger partial charge in [0.15, 0.2) is 0 Å². The van der Waals surface area contributed by atoms with Crippen LogP contribution in [0.15, 0.2) is 18.5 Å². The van der Waals surface area contributed by atoms with Gasteiger partial charge in [0.1, 0.15) is 0 Å². The molecule has 2 aromatic heterocycles. The van der Waals surface area contributed by atoms with E-state index in [-0.39, 0.29) is 0 Å². The van der Waals surface area contributed by atoms with Crippen molar-refractivity contribution in [2.24, 2.45) is 11.7 Å². The summed E-state index contributed by atoms with van der Waals surface area (Å²) in [5.41, 5.74) is 6.76. The van der Waals surface area contributed by atoms with E-state index in [0.29, 0.717) is 18.4 Å². The summed E-state index contributed by atoms with van der Waals surface area (Å²) in [5, 5.41) is 1.13. The number of aromatic nitrogens is 2. The minimum Gasteiger partial charge on any atom is -0.330 e. The van der Waals surface area contributed by atoms with Crippen LogP contribution < -0.4 is 5.73 Å². The Balaban J connectivity index is 2.43. The molecule has 1 unspecified atom stereocenters. The molecule has 0 fully saturated rings. The normalized spacial score (nSPS) is 13.6. The third-order valence-electron chi connectivity index (χ3n) is 2.58. The van der Waals surface area contributed by atoms with Crippen molar-refractivity contribution in [2.75, 3.05) is 6.54 Å². The maximum atomic E-state index is 5.78. The van der Waals surface area contributed by atoms with Crippen LogP contribution in [0.3, 0.4) is 0 Å². The van der Waals surface area contributed by atoms with Crippen LogP contribution >= 0.6 is 11.3 Å².